The lowest BCUT2D eigenvalue weighted by atomic mass is 9.98. The lowest BCUT2D eigenvalue weighted by molar-refractivity contribution is -0.114. The van der Waals surface area contributed by atoms with E-state index in [9.17, 15) is 4.79 Å². The van der Waals surface area contributed by atoms with Gasteiger partial charge in [-0.25, -0.2) is 0 Å². The van der Waals surface area contributed by atoms with E-state index in [1.165, 1.54) is 11.1 Å². The number of hydrogen-bond acceptors (Lipinski definition) is 2. The molecule has 0 bridgehead atoms. The molecule has 0 N–H and O–H groups in total. The largest absolute Gasteiger partial charge is 0.293 e. The smallest absolute Gasteiger partial charge is 0.174 e. The number of rotatable bonds is 7. The van der Waals surface area contributed by atoms with E-state index < -0.39 is 0 Å². The number of nitrogens with zero attached hydrogens (tertiary/aromatic N) is 1. The maximum Gasteiger partial charge on any atom is 0.174 e. The molecule has 1 unspecified atom stereocenters. The zero-order valence-corrected chi connectivity index (χ0v) is 19.7. The fourth-order valence-electron chi connectivity index (χ4n) is 4.53. The summed E-state index contributed by atoms with van der Waals surface area (Å²) in [4.78, 5) is 15.8. The Morgan fingerprint density at radius 3 is 1.79 bits per heavy atom. The van der Waals surface area contributed by atoms with Crippen LogP contribution in [0.25, 0.3) is 6.08 Å². The average Bonchev–Trinajstić information content (AvgIpc) is 3.60. The lowest BCUT2D eigenvalue weighted by Gasteiger charge is -2.21. The molecule has 3 atom stereocenters. The minimum Gasteiger partial charge on any atom is -0.293 e. The molecule has 1 heterocycles. The van der Waals surface area contributed by atoms with Gasteiger partial charge in [0, 0.05) is 4.47 Å². The minimum absolute atomic E-state index is 0.000113. The molecule has 1 saturated heterocycles. The number of carbonyl (C=O) groups is 1. The first-order valence-corrected chi connectivity index (χ1v) is 11.9. The molecule has 3 heteroatoms. The highest BCUT2D eigenvalue weighted by Gasteiger charge is 2.55. The van der Waals surface area contributed by atoms with Crippen molar-refractivity contribution in [3.8, 4) is 0 Å². The van der Waals surface area contributed by atoms with Crippen molar-refractivity contribution in [3.63, 3.8) is 0 Å². The molecule has 0 aliphatic carbocycles. The van der Waals surface area contributed by atoms with Crippen molar-refractivity contribution in [2.24, 2.45) is 0 Å². The maximum atomic E-state index is 13.5. The molecule has 1 aliphatic rings. The van der Waals surface area contributed by atoms with Gasteiger partial charge in [-0.05, 0) is 40.5 Å². The third kappa shape index (κ3) is 4.75. The van der Waals surface area contributed by atoms with E-state index in [4.69, 9.17) is 0 Å². The van der Waals surface area contributed by atoms with Crippen LogP contribution in [-0.2, 0) is 4.79 Å². The standard InChI is InChI=1S/C30H24BrNO/c31-26-19-17-25(18-20-26)29-30(27(33)21-16-22-10-4-1-5-11-22)32(29)28(23-12-6-2-7-13-23)24-14-8-3-9-15-24/h1-21,28-30H/b21-16+/t29-,30+,32?/m1/s1. The Bertz CT molecular complexity index is 1200. The molecule has 0 radical (unpaired) electrons. The van der Waals surface area contributed by atoms with Crippen LogP contribution in [0, 0.1) is 0 Å². The van der Waals surface area contributed by atoms with Gasteiger partial charge in [0.2, 0.25) is 0 Å². The molecule has 1 aliphatic heterocycles. The van der Waals surface area contributed by atoms with E-state index in [2.05, 4.69) is 81.5 Å². The van der Waals surface area contributed by atoms with E-state index in [-0.39, 0.29) is 23.9 Å². The molecule has 2 nitrogen and oxygen atoms in total. The van der Waals surface area contributed by atoms with E-state index >= 15 is 0 Å². The Kier molecular flexibility index (Phi) is 6.34. The third-order valence-electron chi connectivity index (χ3n) is 6.12. The average molecular weight is 494 g/mol. The van der Waals surface area contributed by atoms with Crippen LogP contribution in [-0.4, -0.2) is 16.7 Å². The predicted octanol–water partition coefficient (Wildman–Crippen LogP) is 7.25. The summed E-state index contributed by atoms with van der Waals surface area (Å²) < 4.78 is 1.04. The van der Waals surface area contributed by atoms with Gasteiger partial charge >= 0.3 is 0 Å². The topological polar surface area (TPSA) is 20.1 Å². The Morgan fingerprint density at radius 2 is 1.24 bits per heavy atom. The highest BCUT2D eigenvalue weighted by Crippen LogP contribution is 2.52. The van der Waals surface area contributed by atoms with Crippen molar-refractivity contribution >= 4 is 27.8 Å². The summed E-state index contributed by atoms with van der Waals surface area (Å²) in [6.07, 6.45) is 3.65. The monoisotopic (exact) mass is 493 g/mol. The Morgan fingerprint density at radius 1 is 0.727 bits per heavy atom. The van der Waals surface area contributed by atoms with Crippen LogP contribution in [0.2, 0.25) is 0 Å². The van der Waals surface area contributed by atoms with E-state index in [0.717, 1.165) is 15.6 Å². The van der Waals surface area contributed by atoms with E-state index in [1.54, 1.807) is 6.08 Å². The van der Waals surface area contributed by atoms with Crippen LogP contribution in [0.3, 0.4) is 0 Å². The fourth-order valence-corrected chi connectivity index (χ4v) is 4.80. The summed E-state index contributed by atoms with van der Waals surface area (Å²) in [5.74, 6) is 0.128. The highest BCUT2D eigenvalue weighted by molar-refractivity contribution is 9.10. The zero-order valence-electron chi connectivity index (χ0n) is 18.1. The molecule has 4 aromatic carbocycles. The normalized spacial score (nSPS) is 19.6. The summed E-state index contributed by atoms with van der Waals surface area (Å²) >= 11 is 3.54. The van der Waals surface area contributed by atoms with Gasteiger partial charge in [0.25, 0.3) is 0 Å². The molecule has 1 fully saturated rings. The quantitative estimate of drug-likeness (QED) is 0.199. The molecule has 33 heavy (non-hydrogen) atoms. The number of benzene rings is 4. The second-order valence-electron chi connectivity index (χ2n) is 8.26. The van der Waals surface area contributed by atoms with Gasteiger partial charge in [-0.15, -0.1) is 0 Å². The Balaban J connectivity index is 1.53. The molecule has 162 valence electrons. The van der Waals surface area contributed by atoms with Crippen LogP contribution in [0.5, 0.6) is 0 Å². The molecule has 5 rings (SSSR count). The summed E-state index contributed by atoms with van der Waals surface area (Å²) in [6.45, 7) is 0. The number of carbonyl (C=O) groups excluding carboxylic acids is 1. The van der Waals surface area contributed by atoms with Crippen molar-refractivity contribution in [1.29, 1.82) is 0 Å². The van der Waals surface area contributed by atoms with Crippen molar-refractivity contribution in [1.82, 2.24) is 4.90 Å². The van der Waals surface area contributed by atoms with Gasteiger partial charge in [0.1, 0.15) is 0 Å². The van der Waals surface area contributed by atoms with Gasteiger partial charge in [-0.2, -0.15) is 0 Å². The first-order chi connectivity index (χ1) is 16.2. The molecule has 0 amide bonds. The van der Waals surface area contributed by atoms with Crippen LogP contribution in [0.1, 0.15) is 34.3 Å². The maximum absolute atomic E-state index is 13.5. The molecule has 4 aromatic rings. The summed E-state index contributed by atoms with van der Waals surface area (Å²) in [5, 5.41) is 0. The van der Waals surface area contributed by atoms with Gasteiger partial charge in [0.15, 0.2) is 5.78 Å². The molecule has 0 aromatic heterocycles. The summed E-state index contributed by atoms with van der Waals surface area (Å²) in [5.41, 5.74) is 4.56. The lowest BCUT2D eigenvalue weighted by Crippen LogP contribution is -2.17. The second-order valence-corrected chi connectivity index (χ2v) is 9.17. The van der Waals surface area contributed by atoms with Crippen LogP contribution >= 0.6 is 15.9 Å². The first kappa shape index (κ1) is 21.6. The van der Waals surface area contributed by atoms with Crippen molar-refractivity contribution in [3.05, 3.63) is 148 Å². The molecule has 0 saturated carbocycles. The van der Waals surface area contributed by atoms with Crippen LogP contribution in [0.4, 0.5) is 0 Å². The zero-order chi connectivity index (χ0) is 22.6. The molecule has 0 spiro atoms. The van der Waals surface area contributed by atoms with Gasteiger partial charge < -0.3 is 0 Å². The number of ketones is 1. The fraction of sp³-hybridized carbons (Fsp3) is 0.100. The first-order valence-electron chi connectivity index (χ1n) is 11.1. The van der Waals surface area contributed by atoms with Gasteiger partial charge in [0.05, 0.1) is 18.1 Å². The van der Waals surface area contributed by atoms with E-state index in [1.807, 2.05) is 60.7 Å². The van der Waals surface area contributed by atoms with Crippen molar-refractivity contribution in [2.75, 3.05) is 0 Å². The van der Waals surface area contributed by atoms with Gasteiger partial charge in [-0.3, -0.25) is 9.69 Å². The molecular formula is C30H24BrNO. The van der Waals surface area contributed by atoms with Crippen molar-refractivity contribution in [2.45, 2.75) is 18.1 Å². The Labute approximate surface area is 203 Å². The third-order valence-corrected chi connectivity index (χ3v) is 6.65. The van der Waals surface area contributed by atoms with Crippen LogP contribution in [0.15, 0.2) is 126 Å². The van der Waals surface area contributed by atoms with Crippen molar-refractivity contribution < 1.29 is 4.79 Å². The summed E-state index contributed by atoms with van der Waals surface area (Å²) in [7, 11) is 0. The highest BCUT2D eigenvalue weighted by atomic mass is 79.9. The summed E-state index contributed by atoms with van der Waals surface area (Å²) in [6, 6.07) is 39.0. The Hall–Kier alpha value is -3.27. The molecular weight excluding hydrogens is 470 g/mol. The SMILES string of the molecule is O=C(/C=C/c1ccccc1)[C@H]1[C@@H](c2ccc(Br)cc2)N1C(c1ccccc1)c1ccccc1. The van der Waals surface area contributed by atoms with Crippen LogP contribution < -0.4 is 0 Å². The second kappa shape index (κ2) is 9.70. The van der Waals surface area contributed by atoms with E-state index in [0.29, 0.717) is 0 Å². The predicted molar refractivity (Wildman–Crippen MR) is 138 cm³/mol. The number of hydrogen-bond donors (Lipinski definition) is 0. The minimum atomic E-state index is -0.212. The van der Waals surface area contributed by atoms with Gasteiger partial charge in [-0.1, -0.05) is 125 Å². The number of halogens is 1.